The second-order valence-corrected chi connectivity index (χ2v) is 6.32. The number of fused-ring (bicyclic) bond motifs is 1. The molecule has 3 aromatic rings. The first-order valence-corrected chi connectivity index (χ1v) is 8.58. The van der Waals surface area contributed by atoms with Gasteiger partial charge >= 0.3 is 0 Å². The van der Waals surface area contributed by atoms with Gasteiger partial charge in [0, 0.05) is 18.3 Å². The molecule has 1 amide bonds. The van der Waals surface area contributed by atoms with E-state index in [0.29, 0.717) is 12.2 Å². The van der Waals surface area contributed by atoms with Crippen molar-refractivity contribution in [1.82, 2.24) is 4.98 Å². The van der Waals surface area contributed by atoms with Gasteiger partial charge in [-0.2, -0.15) is 0 Å². The van der Waals surface area contributed by atoms with E-state index in [4.69, 9.17) is 11.3 Å². The van der Waals surface area contributed by atoms with Crippen LogP contribution >= 0.6 is 0 Å². The molecular formula is C22H17N3O2. The lowest BCUT2D eigenvalue weighted by Gasteiger charge is -2.19. The second kappa shape index (κ2) is 6.93. The molecule has 4 rings (SSSR count). The summed E-state index contributed by atoms with van der Waals surface area (Å²) in [6.07, 6.45) is 2.07. The lowest BCUT2D eigenvalue weighted by Crippen LogP contribution is -2.26. The van der Waals surface area contributed by atoms with Crippen molar-refractivity contribution in [2.45, 2.75) is 13.0 Å². The molecular weight excluding hydrogens is 338 g/mol. The van der Waals surface area contributed by atoms with E-state index in [9.17, 15) is 4.79 Å². The van der Waals surface area contributed by atoms with Gasteiger partial charge in [-0.1, -0.05) is 36.4 Å². The Morgan fingerprint density at radius 2 is 2.00 bits per heavy atom. The quantitative estimate of drug-likeness (QED) is 0.652. The fourth-order valence-corrected chi connectivity index (χ4v) is 3.28. The van der Waals surface area contributed by atoms with Gasteiger partial charge in [0.25, 0.3) is 0 Å². The Morgan fingerprint density at radius 3 is 2.81 bits per heavy atom. The monoisotopic (exact) mass is 355 g/mol. The first kappa shape index (κ1) is 16.8. The van der Waals surface area contributed by atoms with Gasteiger partial charge in [0.15, 0.2) is 5.69 Å². The fraction of sp³-hybridized carbons (Fsp3) is 0.136. The van der Waals surface area contributed by atoms with E-state index in [1.54, 1.807) is 24.3 Å². The molecule has 0 unspecified atom stereocenters. The largest absolute Gasteiger partial charge is 0.497 e. The molecule has 0 saturated carbocycles. The van der Waals surface area contributed by atoms with E-state index in [-0.39, 0.29) is 12.3 Å². The normalized spacial score (nSPS) is 12.6. The molecule has 5 nitrogen and oxygen atoms in total. The van der Waals surface area contributed by atoms with Crippen LogP contribution in [0, 0.1) is 6.57 Å². The van der Waals surface area contributed by atoms with Crippen LogP contribution in [0.3, 0.4) is 0 Å². The van der Waals surface area contributed by atoms with Crippen molar-refractivity contribution in [2.24, 2.45) is 0 Å². The van der Waals surface area contributed by atoms with Crippen molar-refractivity contribution < 1.29 is 9.53 Å². The highest BCUT2D eigenvalue weighted by molar-refractivity contribution is 6.01. The number of anilines is 1. The highest BCUT2D eigenvalue weighted by atomic mass is 16.5. The van der Waals surface area contributed by atoms with E-state index < -0.39 is 0 Å². The van der Waals surface area contributed by atoms with E-state index in [1.165, 1.54) is 0 Å². The first-order valence-electron chi connectivity index (χ1n) is 8.58. The van der Waals surface area contributed by atoms with Gasteiger partial charge in [0.1, 0.15) is 5.75 Å². The number of amides is 1. The number of benzene rings is 2. The van der Waals surface area contributed by atoms with E-state index in [0.717, 1.165) is 33.8 Å². The first-order chi connectivity index (χ1) is 13.2. The van der Waals surface area contributed by atoms with Crippen molar-refractivity contribution in [3.05, 3.63) is 83.5 Å². The predicted octanol–water partition coefficient (Wildman–Crippen LogP) is 4.40. The maximum Gasteiger partial charge on any atom is 0.233 e. The number of rotatable bonds is 4. The molecule has 0 fully saturated rings. The molecule has 0 radical (unpaired) electrons. The smallest absolute Gasteiger partial charge is 0.233 e. The molecule has 1 aliphatic heterocycles. The topological polar surface area (TPSA) is 46.8 Å². The number of hydrogen-bond donors (Lipinski definition) is 0. The predicted molar refractivity (Wildman–Crippen MR) is 104 cm³/mol. The number of nitrogens with zero attached hydrogens (tertiary/aromatic N) is 3. The summed E-state index contributed by atoms with van der Waals surface area (Å²) in [4.78, 5) is 22.4. The van der Waals surface area contributed by atoms with Gasteiger partial charge in [-0.05, 0) is 29.3 Å². The Morgan fingerprint density at radius 1 is 1.15 bits per heavy atom. The summed E-state index contributed by atoms with van der Waals surface area (Å²) < 4.78 is 5.30. The summed E-state index contributed by atoms with van der Waals surface area (Å²) in [5.41, 5.74) is 4.87. The van der Waals surface area contributed by atoms with Crippen LogP contribution in [0.2, 0.25) is 0 Å². The maximum atomic E-state index is 12.6. The number of aromatic nitrogens is 1. The molecule has 0 atom stereocenters. The Bertz CT molecular complexity index is 1070. The molecule has 0 aliphatic carbocycles. The minimum absolute atomic E-state index is 0.0000703. The lowest BCUT2D eigenvalue weighted by molar-refractivity contribution is -0.117. The molecule has 0 spiro atoms. The minimum atomic E-state index is 0.0000703. The molecule has 27 heavy (non-hydrogen) atoms. The van der Waals surface area contributed by atoms with Crippen LogP contribution in [-0.2, 0) is 17.8 Å². The van der Waals surface area contributed by atoms with Crippen molar-refractivity contribution in [2.75, 3.05) is 12.0 Å². The zero-order valence-electron chi connectivity index (χ0n) is 14.8. The number of carbonyl (C=O) groups is 1. The zero-order valence-corrected chi connectivity index (χ0v) is 14.8. The molecule has 0 bridgehead atoms. The Balaban J connectivity index is 1.72. The highest BCUT2D eigenvalue weighted by Crippen LogP contribution is 2.34. The zero-order chi connectivity index (χ0) is 18.8. The number of carbonyl (C=O) groups excluding carboxylic acids is 1. The number of methoxy groups -OCH3 is 1. The van der Waals surface area contributed by atoms with Crippen LogP contribution in [0.4, 0.5) is 11.4 Å². The van der Waals surface area contributed by atoms with Crippen LogP contribution in [0.5, 0.6) is 5.75 Å². The second-order valence-electron chi connectivity index (χ2n) is 6.32. The molecule has 0 N–H and O–H groups in total. The van der Waals surface area contributed by atoms with Crippen molar-refractivity contribution in [3.63, 3.8) is 0 Å². The standard InChI is InChI=1S/C22H17N3O2/c1-23-19-9-4-3-6-16(19)14-25-21-11-17(13-24-20(21)12-22(25)26)15-7-5-8-18(10-15)27-2/h3-11,13H,12,14H2,2H3. The number of pyridine rings is 1. The third-order valence-corrected chi connectivity index (χ3v) is 4.70. The summed E-state index contributed by atoms with van der Waals surface area (Å²) in [6, 6.07) is 17.1. The number of ether oxygens (including phenoxy) is 1. The highest BCUT2D eigenvalue weighted by Gasteiger charge is 2.29. The van der Waals surface area contributed by atoms with Crippen LogP contribution < -0.4 is 9.64 Å². The van der Waals surface area contributed by atoms with Crippen molar-refractivity contribution >= 4 is 17.3 Å². The molecule has 5 heteroatoms. The lowest BCUT2D eigenvalue weighted by atomic mass is 10.1. The summed E-state index contributed by atoms with van der Waals surface area (Å²) in [5, 5.41) is 0. The van der Waals surface area contributed by atoms with Crippen molar-refractivity contribution in [3.8, 4) is 16.9 Å². The summed E-state index contributed by atoms with van der Waals surface area (Å²) in [5.74, 6) is 0.770. The average Bonchev–Trinajstić information content (AvgIpc) is 3.03. The van der Waals surface area contributed by atoms with Gasteiger partial charge < -0.3 is 9.64 Å². The average molecular weight is 355 g/mol. The Kier molecular flexibility index (Phi) is 4.31. The Labute approximate surface area is 157 Å². The van der Waals surface area contributed by atoms with Crippen molar-refractivity contribution in [1.29, 1.82) is 0 Å². The van der Waals surface area contributed by atoms with Gasteiger partial charge in [0.2, 0.25) is 5.91 Å². The van der Waals surface area contributed by atoms with Crippen LogP contribution in [0.1, 0.15) is 11.3 Å². The SMILES string of the molecule is [C-]#[N+]c1ccccc1CN1C(=O)Cc2ncc(-c3cccc(OC)c3)cc21. The number of hydrogen-bond acceptors (Lipinski definition) is 3. The van der Waals surface area contributed by atoms with Gasteiger partial charge in [0.05, 0.1) is 31.5 Å². The van der Waals surface area contributed by atoms with Crippen LogP contribution in [0.15, 0.2) is 60.8 Å². The summed E-state index contributed by atoms with van der Waals surface area (Å²) in [7, 11) is 1.63. The molecule has 1 aliphatic rings. The molecule has 132 valence electrons. The maximum absolute atomic E-state index is 12.6. The van der Waals surface area contributed by atoms with E-state index >= 15 is 0 Å². The Hall–Kier alpha value is -3.65. The minimum Gasteiger partial charge on any atom is -0.497 e. The van der Waals surface area contributed by atoms with E-state index in [1.807, 2.05) is 48.5 Å². The number of para-hydroxylation sites is 1. The van der Waals surface area contributed by atoms with Crippen LogP contribution in [-0.4, -0.2) is 18.0 Å². The summed E-state index contributed by atoms with van der Waals surface area (Å²) >= 11 is 0. The fourth-order valence-electron chi connectivity index (χ4n) is 3.28. The molecule has 0 saturated heterocycles. The molecule has 2 heterocycles. The van der Waals surface area contributed by atoms with Crippen LogP contribution in [0.25, 0.3) is 16.0 Å². The summed E-state index contributed by atoms with van der Waals surface area (Å²) in [6.45, 7) is 7.70. The van der Waals surface area contributed by atoms with Gasteiger partial charge in [-0.25, -0.2) is 4.85 Å². The van der Waals surface area contributed by atoms with Gasteiger partial charge in [-0.3, -0.25) is 9.78 Å². The third kappa shape index (κ3) is 3.13. The third-order valence-electron chi connectivity index (χ3n) is 4.70. The molecule has 2 aromatic carbocycles. The molecule has 1 aromatic heterocycles. The van der Waals surface area contributed by atoms with E-state index in [2.05, 4.69) is 9.83 Å². The van der Waals surface area contributed by atoms with Gasteiger partial charge in [-0.15, -0.1) is 0 Å².